The van der Waals surface area contributed by atoms with Gasteiger partial charge in [0.1, 0.15) is 5.78 Å². The zero-order valence-corrected chi connectivity index (χ0v) is 9.74. The van der Waals surface area contributed by atoms with Crippen molar-refractivity contribution >= 4 is 5.78 Å². The van der Waals surface area contributed by atoms with Gasteiger partial charge in [0, 0.05) is 19.0 Å². The highest BCUT2D eigenvalue weighted by Crippen LogP contribution is 2.29. The normalized spacial score (nSPS) is 22.5. The van der Waals surface area contributed by atoms with Gasteiger partial charge < -0.3 is 4.90 Å². The molecule has 1 aliphatic heterocycles. The second kappa shape index (κ2) is 5.08. The zero-order chi connectivity index (χ0) is 10.7. The van der Waals surface area contributed by atoms with E-state index in [1.807, 2.05) is 0 Å². The van der Waals surface area contributed by atoms with E-state index in [-0.39, 0.29) is 0 Å². The van der Waals surface area contributed by atoms with Crippen molar-refractivity contribution < 1.29 is 4.79 Å². The Labute approximate surface area is 92.4 Å². The molecule has 0 aromatic heterocycles. The van der Waals surface area contributed by atoms with Gasteiger partial charge in [-0.25, -0.2) is 0 Å². The fraction of sp³-hybridized carbons (Fsp3) is 0.917. The molecule has 2 rings (SSSR count). The van der Waals surface area contributed by atoms with Crippen LogP contribution >= 0.6 is 0 Å². The number of nitrogens with zero attached hydrogens (tertiary/aromatic N) is 2. The van der Waals surface area contributed by atoms with E-state index in [1.165, 1.54) is 25.9 Å². The number of hydrogen-bond acceptors (Lipinski definition) is 3. The van der Waals surface area contributed by atoms with Crippen LogP contribution in [-0.4, -0.2) is 55.4 Å². The number of likely N-dealkylation sites (N-methyl/N-ethyl adjacent to an activating group) is 1. The van der Waals surface area contributed by atoms with Crippen molar-refractivity contribution in [2.45, 2.75) is 25.7 Å². The highest BCUT2D eigenvalue weighted by molar-refractivity contribution is 5.84. The number of rotatable bonds is 6. The summed E-state index contributed by atoms with van der Waals surface area (Å²) in [6.45, 7) is 5.35. The lowest BCUT2D eigenvalue weighted by molar-refractivity contribution is -0.121. The Kier molecular flexibility index (Phi) is 3.76. The molecule has 0 aromatic rings. The van der Waals surface area contributed by atoms with Crippen molar-refractivity contribution in [3.8, 4) is 0 Å². The number of hydrogen-bond donors (Lipinski definition) is 0. The number of likely N-dealkylation sites (tertiary alicyclic amines) is 1. The molecule has 0 aromatic carbocycles. The summed E-state index contributed by atoms with van der Waals surface area (Å²) in [5.74, 6) is 0.873. The third-order valence-corrected chi connectivity index (χ3v) is 3.46. The fourth-order valence-electron chi connectivity index (χ4n) is 2.20. The maximum absolute atomic E-state index is 11.6. The van der Waals surface area contributed by atoms with Gasteiger partial charge >= 0.3 is 0 Å². The molecule has 0 unspecified atom stereocenters. The zero-order valence-electron chi connectivity index (χ0n) is 9.74. The molecule has 0 bridgehead atoms. The third kappa shape index (κ3) is 3.58. The lowest BCUT2D eigenvalue weighted by atomic mass is 10.2. The van der Waals surface area contributed by atoms with Crippen LogP contribution in [-0.2, 0) is 4.79 Å². The molecule has 15 heavy (non-hydrogen) atoms. The summed E-state index contributed by atoms with van der Waals surface area (Å²) in [5, 5.41) is 0. The molecule has 0 amide bonds. The summed E-state index contributed by atoms with van der Waals surface area (Å²) in [7, 11) is 2.07. The Morgan fingerprint density at radius 3 is 2.60 bits per heavy atom. The van der Waals surface area contributed by atoms with Crippen molar-refractivity contribution in [1.29, 1.82) is 0 Å². The van der Waals surface area contributed by atoms with E-state index in [2.05, 4.69) is 16.8 Å². The predicted octanol–water partition coefficient (Wildman–Crippen LogP) is 0.993. The average molecular weight is 210 g/mol. The van der Waals surface area contributed by atoms with Gasteiger partial charge in [0.25, 0.3) is 0 Å². The molecule has 0 atom stereocenters. The highest BCUT2D eigenvalue weighted by Gasteiger charge is 2.29. The summed E-state index contributed by atoms with van der Waals surface area (Å²) >= 11 is 0. The largest absolute Gasteiger partial charge is 0.302 e. The van der Waals surface area contributed by atoms with E-state index in [9.17, 15) is 4.79 Å². The first-order valence-electron chi connectivity index (χ1n) is 6.19. The predicted molar refractivity (Wildman–Crippen MR) is 60.9 cm³/mol. The first-order valence-corrected chi connectivity index (χ1v) is 6.19. The lowest BCUT2D eigenvalue weighted by Crippen LogP contribution is -2.34. The van der Waals surface area contributed by atoms with Gasteiger partial charge in [0.05, 0.1) is 6.54 Å². The van der Waals surface area contributed by atoms with E-state index < -0.39 is 0 Å². The van der Waals surface area contributed by atoms with Crippen molar-refractivity contribution in [1.82, 2.24) is 9.80 Å². The topological polar surface area (TPSA) is 23.6 Å². The standard InChI is InChI=1S/C12H22N2O/c1-13(10-12(15)11-4-5-11)8-9-14-6-2-3-7-14/h11H,2-10H2,1H3. The molecular weight excluding hydrogens is 188 g/mol. The van der Waals surface area contributed by atoms with E-state index in [4.69, 9.17) is 0 Å². The van der Waals surface area contributed by atoms with Crippen LogP contribution in [0.15, 0.2) is 0 Å². The second-order valence-electron chi connectivity index (χ2n) is 5.03. The summed E-state index contributed by atoms with van der Waals surface area (Å²) < 4.78 is 0. The third-order valence-electron chi connectivity index (χ3n) is 3.46. The Balaban J connectivity index is 1.58. The van der Waals surface area contributed by atoms with Crippen LogP contribution in [0.3, 0.4) is 0 Å². The Hall–Kier alpha value is -0.410. The number of carbonyl (C=O) groups excluding carboxylic acids is 1. The van der Waals surface area contributed by atoms with Gasteiger partial charge in [-0.15, -0.1) is 0 Å². The molecule has 86 valence electrons. The molecule has 0 spiro atoms. The molecule has 1 heterocycles. The smallest absolute Gasteiger partial charge is 0.149 e. The van der Waals surface area contributed by atoms with Gasteiger partial charge in [-0.2, -0.15) is 0 Å². The quantitative estimate of drug-likeness (QED) is 0.653. The Morgan fingerprint density at radius 1 is 1.33 bits per heavy atom. The minimum Gasteiger partial charge on any atom is -0.302 e. The van der Waals surface area contributed by atoms with E-state index in [0.717, 1.165) is 25.9 Å². The first-order chi connectivity index (χ1) is 7.25. The van der Waals surface area contributed by atoms with Gasteiger partial charge in [0.15, 0.2) is 0 Å². The molecular formula is C12H22N2O. The van der Waals surface area contributed by atoms with Crippen molar-refractivity contribution in [2.75, 3.05) is 39.8 Å². The van der Waals surface area contributed by atoms with Crippen LogP contribution in [0.2, 0.25) is 0 Å². The van der Waals surface area contributed by atoms with Crippen LogP contribution < -0.4 is 0 Å². The number of carbonyl (C=O) groups is 1. The molecule has 2 fully saturated rings. The minimum atomic E-state index is 0.416. The Bertz CT molecular complexity index is 220. The minimum absolute atomic E-state index is 0.416. The summed E-state index contributed by atoms with van der Waals surface area (Å²) in [4.78, 5) is 16.2. The highest BCUT2D eigenvalue weighted by atomic mass is 16.1. The average Bonchev–Trinajstić information content (AvgIpc) is 2.93. The monoisotopic (exact) mass is 210 g/mol. The van der Waals surface area contributed by atoms with E-state index in [0.29, 0.717) is 18.2 Å². The number of Topliss-reactive ketones (excluding diaryl/α,β-unsaturated/α-hetero) is 1. The summed E-state index contributed by atoms with van der Waals surface area (Å²) in [5.41, 5.74) is 0. The van der Waals surface area contributed by atoms with Crippen LogP contribution in [0.1, 0.15) is 25.7 Å². The van der Waals surface area contributed by atoms with Gasteiger partial charge in [-0.05, 0) is 45.8 Å². The first kappa shape index (κ1) is 11.1. The van der Waals surface area contributed by atoms with Gasteiger partial charge in [-0.3, -0.25) is 9.69 Å². The molecule has 0 radical (unpaired) electrons. The van der Waals surface area contributed by atoms with Crippen molar-refractivity contribution in [2.24, 2.45) is 5.92 Å². The lowest BCUT2D eigenvalue weighted by Gasteiger charge is -2.20. The van der Waals surface area contributed by atoms with Gasteiger partial charge in [0.2, 0.25) is 0 Å². The number of ketones is 1. The molecule has 1 aliphatic carbocycles. The SMILES string of the molecule is CN(CCN1CCCC1)CC(=O)C1CC1. The van der Waals surface area contributed by atoms with Crippen molar-refractivity contribution in [3.05, 3.63) is 0 Å². The maximum Gasteiger partial charge on any atom is 0.149 e. The van der Waals surface area contributed by atoms with Gasteiger partial charge in [-0.1, -0.05) is 0 Å². The molecule has 0 N–H and O–H groups in total. The maximum atomic E-state index is 11.6. The summed E-state index contributed by atoms with van der Waals surface area (Å²) in [6, 6.07) is 0. The molecule has 2 aliphatic rings. The van der Waals surface area contributed by atoms with E-state index in [1.54, 1.807) is 0 Å². The summed E-state index contributed by atoms with van der Waals surface area (Å²) in [6.07, 6.45) is 4.98. The van der Waals surface area contributed by atoms with Crippen LogP contribution in [0, 0.1) is 5.92 Å². The molecule has 3 nitrogen and oxygen atoms in total. The van der Waals surface area contributed by atoms with Crippen molar-refractivity contribution in [3.63, 3.8) is 0 Å². The fourth-order valence-corrected chi connectivity index (χ4v) is 2.20. The van der Waals surface area contributed by atoms with E-state index >= 15 is 0 Å². The van der Waals surface area contributed by atoms with Crippen LogP contribution in [0.4, 0.5) is 0 Å². The Morgan fingerprint density at radius 2 is 2.00 bits per heavy atom. The second-order valence-corrected chi connectivity index (χ2v) is 5.03. The molecule has 3 heteroatoms. The molecule has 1 saturated heterocycles. The molecule has 1 saturated carbocycles. The van der Waals surface area contributed by atoms with Crippen LogP contribution in [0.5, 0.6) is 0 Å². The van der Waals surface area contributed by atoms with Crippen LogP contribution in [0.25, 0.3) is 0 Å².